The van der Waals surface area contributed by atoms with Crippen molar-refractivity contribution in [2.45, 2.75) is 32.7 Å². The molecule has 0 spiro atoms. The van der Waals surface area contributed by atoms with E-state index in [2.05, 4.69) is 25.5 Å². The van der Waals surface area contributed by atoms with Gasteiger partial charge in [-0.15, -0.1) is 0 Å². The monoisotopic (exact) mass is 357 g/mol. The molecule has 1 amide bonds. The summed E-state index contributed by atoms with van der Waals surface area (Å²) in [6, 6.07) is 8.34. The summed E-state index contributed by atoms with van der Waals surface area (Å²) >= 11 is 0. The average molecular weight is 357 g/mol. The quantitative estimate of drug-likeness (QED) is 0.860. The van der Waals surface area contributed by atoms with E-state index in [0.29, 0.717) is 17.5 Å². The number of carbonyl (C=O) groups excluding carboxylic acids is 1. The summed E-state index contributed by atoms with van der Waals surface area (Å²) in [6.07, 6.45) is 3.20. The van der Waals surface area contributed by atoms with Gasteiger partial charge in [-0.1, -0.05) is 12.1 Å². The van der Waals surface area contributed by atoms with E-state index >= 15 is 0 Å². The lowest BCUT2D eigenvalue weighted by molar-refractivity contribution is -0.126. The Morgan fingerprint density at radius 1 is 1.23 bits per heavy atom. The van der Waals surface area contributed by atoms with Crippen LogP contribution in [0.3, 0.4) is 0 Å². The molecule has 0 unspecified atom stereocenters. The second-order valence-corrected chi connectivity index (χ2v) is 6.77. The Bertz CT molecular complexity index is 759. The Labute approximate surface area is 152 Å². The highest BCUT2D eigenvalue weighted by Gasteiger charge is 2.26. The Kier molecular flexibility index (Phi) is 5.65. The molecule has 2 aromatic rings. The summed E-state index contributed by atoms with van der Waals surface area (Å²) < 4.78 is 13.8. The number of carbonyl (C=O) groups is 1. The Morgan fingerprint density at radius 2 is 1.96 bits per heavy atom. The third-order valence-corrected chi connectivity index (χ3v) is 4.36. The predicted molar refractivity (Wildman–Crippen MR) is 99.9 cm³/mol. The molecule has 0 saturated carbocycles. The number of halogens is 1. The molecule has 2 heterocycles. The molecule has 0 aliphatic carbocycles. The molecule has 1 aromatic heterocycles. The van der Waals surface area contributed by atoms with Crippen LogP contribution in [0.15, 0.2) is 36.5 Å². The van der Waals surface area contributed by atoms with Gasteiger partial charge in [0.2, 0.25) is 11.9 Å². The van der Waals surface area contributed by atoms with E-state index in [9.17, 15) is 9.18 Å². The van der Waals surface area contributed by atoms with Gasteiger partial charge in [0.25, 0.3) is 0 Å². The topological polar surface area (TPSA) is 70.2 Å². The number of aromatic nitrogens is 2. The highest BCUT2D eigenvalue weighted by atomic mass is 19.1. The van der Waals surface area contributed by atoms with Crippen molar-refractivity contribution in [3.63, 3.8) is 0 Å². The van der Waals surface area contributed by atoms with E-state index in [-0.39, 0.29) is 23.7 Å². The summed E-state index contributed by atoms with van der Waals surface area (Å²) in [5.41, 5.74) is 0.376. The molecule has 0 bridgehead atoms. The number of rotatable bonds is 5. The fraction of sp³-hybridized carbons (Fsp3) is 0.421. The predicted octanol–water partition coefficient (Wildman–Crippen LogP) is 3.10. The molecule has 6 nitrogen and oxygen atoms in total. The van der Waals surface area contributed by atoms with Gasteiger partial charge in [-0.25, -0.2) is 9.37 Å². The molecule has 138 valence electrons. The maximum atomic E-state index is 13.8. The van der Waals surface area contributed by atoms with Crippen molar-refractivity contribution >= 4 is 23.4 Å². The zero-order valence-corrected chi connectivity index (χ0v) is 15.1. The van der Waals surface area contributed by atoms with Crippen LogP contribution in [0.5, 0.6) is 0 Å². The second kappa shape index (κ2) is 8.12. The minimum Gasteiger partial charge on any atom is -0.354 e. The van der Waals surface area contributed by atoms with E-state index in [4.69, 9.17) is 0 Å². The first-order valence-corrected chi connectivity index (χ1v) is 8.93. The zero-order chi connectivity index (χ0) is 18.5. The molecule has 1 saturated heterocycles. The lowest BCUT2D eigenvalue weighted by Crippen LogP contribution is -2.42. The van der Waals surface area contributed by atoms with Crippen LogP contribution in [-0.4, -0.2) is 35.0 Å². The maximum absolute atomic E-state index is 13.8. The second-order valence-electron chi connectivity index (χ2n) is 6.77. The fourth-order valence-electron chi connectivity index (χ4n) is 3.01. The highest BCUT2D eigenvalue weighted by molar-refractivity contribution is 5.79. The van der Waals surface area contributed by atoms with Gasteiger partial charge in [-0.2, -0.15) is 4.98 Å². The maximum Gasteiger partial charge on any atom is 0.227 e. The summed E-state index contributed by atoms with van der Waals surface area (Å²) in [7, 11) is 0. The number of benzene rings is 1. The summed E-state index contributed by atoms with van der Waals surface area (Å²) in [6.45, 7) is 5.38. The van der Waals surface area contributed by atoms with Gasteiger partial charge in [0.15, 0.2) is 0 Å². The van der Waals surface area contributed by atoms with Crippen LogP contribution < -0.4 is 15.5 Å². The number of nitrogens with one attached hydrogen (secondary N) is 2. The van der Waals surface area contributed by atoms with Crippen LogP contribution >= 0.6 is 0 Å². The number of hydrogen-bond donors (Lipinski definition) is 2. The molecule has 1 fully saturated rings. The van der Waals surface area contributed by atoms with Crippen molar-refractivity contribution in [2.75, 3.05) is 23.3 Å². The minimum atomic E-state index is -0.329. The minimum absolute atomic E-state index is 0.0355. The first kappa shape index (κ1) is 18.1. The third-order valence-electron chi connectivity index (χ3n) is 4.36. The van der Waals surface area contributed by atoms with Gasteiger partial charge in [0.1, 0.15) is 11.6 Å². The summed E-state index contributed by atoms with van der Waals surface area (Å²) in [4.78, 5) is 23.0. The Balaban J connectivity index is 1.63. The lowest BCUT2D eigenvalue weighted by Gasteiger charge is -2.31. The van der Waals surface area contributed by atoms with E-state index in [1.54, 1.807) is 30.5 Å². The smallest absolute Gasteiger partial charge is 0.227 e. The standard InChI is InChI=1S/C19H24FN5O/c1-13(2)22-18(26)14-8-11-25(12-9-14)19-21-10-7-17(24-19)23-16-6-4-3-5-15(16)20/h3-7,10,13-14H,8-9,11-12H2,1-2H3,(H,22,26)(H,21,23,24). The van der Waals surface area contributed by atoms with Crippen LogP contribution in [0, 0.1) is 11.7 Å². The van der Waals surface area contributed by atoms with Crippen LogP contribution in [0.2, 0.25) is 0 Å². The fourth-order valence-corrected chi connectivity index (χ4v) is 3.01. The molecule has 1 aliphatic heterocycles. The molecule has 1 aliphatic rings. The average Bonchev–Trinajstić information content (AvgIpc) is 2.63. The van der Waals surface area contributed by atoms with Crippen molar-refractivity contribution in [3.05, 3.63) is 42.3 Å². The van der Waals surface area contributed by atoms with E-state index in [1.165, 1.54) is 6.07 Å². The number of anilines is 3. The highest BCUT2D eigenvalue weighted by Crippen LogP contribution is 2.23. The largest absolute Gasteiger partial charge is 0.354 e. The zero-order valence-electron chi connectivity index (χ0n) is 15.1. The summed E-state index contributed by atoms with van der Waals surface area (Å²) in [5, 5.41) is 5.96. The van der Waals surface area contributed by atoms with Crippen LogP contribution in [-0.2, 0) is 4.79 Å². The number of para-hydroxylation sites is 1. The van der Waals surface area contributed by atoms with Crippen LogP contribution in [0.4, 0.5) is 21.8 Å². The third kappa shape index (κ3) is 4.47. The van der Waals surface area contributed by atoms with E-state index in [1.807, 2.05) is 13.8 Å². The Hall–Kier alpha value is -2.70. The number of nitrogens with zero attached hydrogens (tertiary/aromatic N) is 3. The van der Waals surface area contributed by atoms with Gasteiger partial charge in [0.05, 0.1) is 5.69 Å². The molecular weight excluding hydrogens is 333 g/mol. The van der Waals surface area contributed by atoms with Crippen molar-refractivity contribution in [1.29, 1.82) is 0 Å². The first-order valence-electron chi connectivity index (χ1n) is 8.93. The van der Waals surface area contributed by atoms with E-state index in [0.717, 1.165) is 25.9 Å². The number of hydrogen-bond acceptors (Lipinski definition) is 5. The lowest BCUT2D eigenvalue weighted by atomic mass is 9.96. The molecule has 0 atom stereocenters. The normalized spacial score (nSPS) is 15.2. The molecule has 7 heteroatoms. The van der Waals surface area contributed by atoms with Crippen molar-refractivity contribution in [1.82, 2.24) is 15.3 Å². The molecule has 1 aromatic carbocycles. The van der Waals surface area contributed by atoms with Crippen molar-refractivity contribution in [2.24, 2.45) is 5.92 Å². The molecule has 2 N–H and O–H groups in total. The Morgan fingerprint density at radius 3 is 2.65 bits per heavy atom. The molecule has 3 rings (SSSR count). The SMILES string of the molecule is CC(C)NC(=O)C1CCN(c2nccc(Nc3ccccc3F)n2)CC1. The van der Waals surface area contributed by atoms with Crippen molar-refractivity contribution < 1.29 is 9.18 Å². The first-order chi connectivity index (χ1) is 12.5. The van der Waals surface area contributed by atoms with Crippen LogP contribution in [0.25, 0.3) is 0 Å². The van der Waals surface area contributed by atoms with Gasteiger partial charge >= 0.3 is 0 Å². The van der Waals surface area contributed by atoms with Gasteiger partial charge in [-0.05, 0) is 44.9 Å². The summed E-state index contributed by atoms with van der Waals surface area (Å²) in [5.74, 6) is 0.961. The van der Waals surface area contributed by atoms with Gasteiger partial charge < -0.3 is 15.5 Å². The van der Waals surface area contributed by atoms with Gasteiger partial charge in [0, 0.05) is 31.2 Å². The number of piperidine rings is 1. The molecule has 0 radical (unpaired) electrons. The molecule has 26 heavy (non-hydrogen) atoms. The number of amides is 1. The van der Waals surface area contributed by atoms with E-state index < -0.39 is 0 Å². The van der Waals surface area contributed by atoms with Gasteiger partial charge in [-0.3, -0.25) is 4.79 Å². The van der Waals surface area contributed by atoms with Crippen molar-refractivity contribution in [3.8, 4) is 0 Å². The van der Waals surface area contributed by atoms with Crippen LogP contribution in [0.1, 0.15) is 26.7 Å². The molecular formula is C19H24FN5O.